The number of rotatable bonds is 12. The van der Waals surface area contributed by atoms with Gasteiger partial charge < -0.3 is 10.2 Å². The molecule has 0 saturated carbocycles. The molecule has 3 aromatic rings. The number of hydrogen-bond donors (Lipinski definition) is 1. The number of hydrogen-bond acceptors (Lipinski definition) is 4. The molecule has 3 rings (SSSR count). The maximum Gasteiger partial charge on any atom is 0.264 e. The van der Waals surface area contributed by atoms with Crippen molar-refractivity contribution >= 4 is 39.1 Å². The summed E-state index contributed by atoms with van der Waals surface area (Å²) in [5.74, 6) is -0.732. The fourth-order valence-electron chi connectivity index (χ4n) is 4.32. The third kappa shape index (κ3) is 7.14. The Morgan fingerprint density at radius 1 is 0.947 bits per heavy atom. The highest BCUT2D eigenvalue weighted by Gasteiger charge is 2.33. The van der Waals surface area contributed by atoms with Crippen molar-refractivity contribution < 1.29 is 18.0 Å². The van der Waals surface area contributed by atoms with Crippen LogP contribution in [0.25, 0.3) is 0 Å². The van der Waals surface area contributed by atoms with Gasteiger partial charge in [0.2, 0.25) is 11.8 Å². The Morgan fingerprint density at radius 2 is 1.58 bits per heavy atom. The van der Waals surface area contributed by atoms with E-state index >= 15 is 0 Å². The number of carbonyl (C=O) groups excluding carboxylic acids is 2. The van der Waals surface area contributed by atoms with Crippen LogP contribution < -0.4 is 9.62 Å². The molecular formula is C29H34ClN3O4S. The maximum absolute atomic E-state index is 13.9. The lowest BCUT2D eigenvalue weighted by molar-refractivity contribution is -0.139. The molecule has 0 bridgehead atoms. The molecule has 0 aromatic heterocycles. The summed E-state index contributed by atoms with van der Waals surface area (Å²) in [6.07, 6.45) is 0.908. The highest BCUT2D eigenvalue weighted by molar-refractivity contribution is 7.92. The van der Waals surface area contributed by atoms with Crippen molar-refractivity contribution in [2.75, 3.05) is 23.9 Å². The molecule has 1 N–H and O–H groups in total. The van der Waals surface area contributed by atoms with Gasteiger partial charge in [0.1, 0.15) is 12.6 Å². The summed E-state index contributed by atoms with van der Waals surface area (Å²) in [5.41, 5.74) is 1.97. The molecule has 9 heteroatoms. The molecule has 0 fully saturated rings. The molecular weight excluding hydrogens is 522 g/mol. The second-order valence-electron chi connectivity index (χ2n) is 8.90. The molecule has 1 atom stereocenters. The first kappa shape index (κ1) is 29.2. The molecule has 3 aromatic carbocycles. The second kappa shape index (κ2) is 13.4. The van der Waals surface area contributed by atoms with Crippen LogP contribution in [0.1, 0.15) is 31.4 Å². The van der Waals surface area contributed by atoms with Crippen molar-refractivity contribution in [3.8, 4) is 0 Å². The van der Waals surface area contributed by atoms with Crippen LogP contribution in [-0.2, 0) is 26.0 Å². The summed E-state index contributed by atoms with van der Waals surface area (Å²) in [6.45, 7) is 5.62. The number of anilines is 1. The first-order valence-electron chi connectivity index (χ1n) is 12.6. The zero-order valence-electron chi connectivity index (χ0n) is 21.9. The Balaban J connectivity index is 2.02. The van der Waals surface area contributed by atoms with Gasteiger partial charge in [-0.15, -0.1) is 0 Å². The van der Waals surface area contributed by atoms with Crippen LogP contribution >= 0.6 is 11.6 Å². The number of likely N-dealkylation sites (N-methyl/N-ethyl adjacent to an activating group) is 1. The van der Waals surface area contributed by atoms with Gasteiger partial charge >= 0.3 is 0 Å². The minimum absolute atomic E-state index is 0.0637. The van der Waals surface area contributed by atoms with E-state index in [-0.39, 0.29) is 17.3 Å². The number of sulfonamides is 1. The van der Waals surface area contributed by atoms with Crippen molar-refractivity contribution in [2.24, 2.45) is 0 Å². The van der Waals surface area contributed by atoms with Crippen LogP contribution in [0.5, 0.6) is 0 Å². The minimum atomic E-state index is -4.11. The Bertz CT molecular complexity index is 1330. The monoisotopic (exact) mass is 555 g/mol. The smallest absolute Gasteiger partial charge is 0.264 e. The number of nitrogens with zero attached hydrogens (tertiary/aromatic N) is 2. The first-order chi connectivity index (χ1) is 18.2. The summed E-state index contributed by atoms with van der Waals surface area (Å²) in [6, 6.07) is 21.8. The molecule has 0 heterocycles. The van der Waals surface area contributed by atoms with Gasteiger partial charge in [-0.05, 0) is 68.1 Å². The molecule has 0 aliphatic rings. The fourth-order valence-corrected chi connectivity index (χ4v) is 6.05. The van der Waals surface area contributed by atoms with Gasteiger partial charge in [0.05, 0.1) is 10.6 Å². The SMILES string of the molecule is CCNC(=O)[C@@H](CC)N(CCc1ccccc1)C(=O)CN(c1ccc(Cl)cc1C)S(=O)(=O)c1ccccc1. The van der Waals surface area contributed by atoms with Crippen LogP contribution in [0, 0.1) is 6.92 Å². The van der Waals surface area contributed by atoms with E-state index in [0.717, 1.165) is 9.87 Å². The van der Waals surface area contributed by atoms with Crippen LogP contribution in [-0.4, -0.2) is 50.8 Å². The van der Waals surface area contributed by atoms with Gasteiger partial charge in [0, 0.05) is 18.1 Å². The van der Waals surface area contributed by atoms with E-state index in [0.29, 0.717) is 35.7 Å². The number of amides is 2. The fraction of sp³-hybridized carbons (Fsp3) is 0.310. The zero-order chi connectivity index (χ0) is 27.7. The third-order valence-electron chi connectivity index (χ3n) is 6.26. The van der Waals surface area contributed by atoms with Gasteiger partial charge in [0.25, 0.3) is 10.0 Å². The van der Waals surface area contributed by atoms with Crippen LogP contribution in [0.2, 0.25) is 5.02 Å². The van der Waals surface area contributed by atoms with Crippen molar-refractivity contribution in [3.63, 3.8) is 0 Å². The summed E-state index contributed by atoms with van der Waals surface area (Å²) < 4.78 is 28.8. The van der Waals surface area contributed by atoms with Gasteiger partial charge in [0.15, 0.2) is 0 Å². The van der Waals surface area contributed by atoms with Gasteiger partial charge in [-0.2, -0.15) is 0 Å². The molecule has 0 radical (unpaired) electrons. The van der Waals surface area contributed by atoms with Crippen molar-refractivity contribution in [3.05, 3.63) is 95.0 Å². The molecule has 0 aliphatic carbocycles. The van der Waals surface area contributed by atoms with E-state index in [1.165, 1.54) is 17.0 Å². The van der Waals surface area contributed by atoms with Crippen molar-refractivity contribution in [1.29, 1.82) is 0 Å². The summed E-state index contributed by atoms with van der Waals surface area (Å²) in [5, 5.41) is 3.27. The van der Waals surface area contributed by atoms with Gasteiger partial charge in [-0.25, -0.2) is 8.42 Å². The number of halogens is 1. The maximum atomic E-state index is 13.9. The highest BCUT2D eigenvalue weighted by atomic mass is 35.5. The van der Waals surface area contributed by atoms with E-state index in [9.17, 15) is 18.0 Å². The molecule has 38 heavy (non-hydrogen) atoms. The topological polar surface area (TPSA) is 86.8 Å². The Labute approximate surface area is 230 Å². The van der Waals surface area contributed by atoms with Crippen molar-refractivity contribution in [1.82, 2.24) is 10.2 Å². The van der Waals surface area contributed by atoms with Crippen LogP contribution in [0.3, 0.4) is 0 Å². The molecule has 7 nitrogen and oxygen atoms in total. The Morgan fingerprint density at radius 3 is 2.16 bits per heavy atom. The van der Waals surface area contributed by atoms with Crippen molar-refractivity contribution in [2.45, 2.75) is 44.6 Å². The van der Waals surface area contributed by atoms with E-state index in [1.54, 1.807) is 43.3 Å². The lowest BCUT2D eigenvalue weighted by Crippen LogP contribution is -2.53. The highest BCUT2D eigenvalue weighted by Crippen LogP contribution is 2.29. The normalized spacial score (nSPS) is 12.0. The number of carbonyl (C=O) groups is 2. The average Bonchev–Trinajstić information content (AvgIpc) is 2.91. The Kier molecular flexibility index (Phi) is 10.3. The summed E-state index contributed by atoms with van der Waals surface area (Å²) in [4.78, 5) is 28.4. The van der Waals surface area contributed by atoms with Gasteiger partial charge in [-0.3, -0.25) is 13.9 Å². The standard InChI is InChI=1S/C29H34ClN3O4S/c1-4-26(29(35)31-5-2)32(19-18-23-12-8-6-9-13-23)28(34)21-33(27-17-16-24(30)20-22(27)3)38(36,37)25-14-10-7-11-15-25/h6-17,20,26H,4-5,18-19,21H2,1-3H3,(H,31,35)/t26-/m1/s1. The predicted octanol–water partition coefficient (Wildman–Crippen LogP) is 4.83. The number of aryl methyl sites for hydroxylation is 1. The molecule has 2 amide bonds. The largest absolute Gasteiger partial charge is 0.355 e. The predicted molar refractivity (Wildman–Crippen MR) is 152 cm³/mol. The summed E-state index contributed by atoms with van der Waals surface area (Å²) in [7, 11) is -4.11. The number of benzene rings is 3. The first-order valence-corrected chi connectivity index (χ1v) is 14.5. The third-order valence-corrected chi connectivity index (χ3v) is 8.27. The lowest BCUT2D eigenvalue weighted by Gasteiger charge is -2.33. The van der Waals surface area contributed by atoms with Gasteiger partial charge in [-0.1, -0.05) is 67.1 Å². The van der Waals surface area contributed by atoms with E-state index in [1.807, 2.05) is 44.2 Å². The van der Waals surface area contributed by atoms with E-state index < -0.39 is 28.5 Å². The minimum Gasteiger partial charge on any atom is -0.355 e. The van der Waals surface area contributed by atoms with E-state index in [2.05, 4.69) is 5.32 Å². The summed E-state index contributed by atoms with van der Waals surface area (Å²) >= 11 is 6.15. The molecule has 0 unspecified atom stereocenters. The average molecular weight is 556 g/mol. The van der Waals surface area contributed by atoms with Crippen LogP contribution in [0.15, 0.2) is 83.8 Å². The zero-order valence-corrected chi connectivity index (χ0v) is 23.5. The molecule has 0 aliphatic heterocycles. The lowest BCUT2D eigenvalue weighted by atomic mass is 10.1. The van der Waals surface area contributed by atoms with Crippen LogP contribution in [0.4, 0.5) is 5.69 Å². The van der Waals surface area contributed by atoms with E-state index in [4.69, 9.17) is 11.6 Å². The number of nitrogens with one attached hydrogen (secondary N) is 1. The Hall–Kier alpha value is -3.36. The quantitative estimate of drug-likeness (QED) is 0.347. The molecule has 0 saturated heterocycles. The molecule has 0 spiro atoms. The molecule has 202 valence electrons. The second-order valence-corrected chi connectivity index (χ2v) is 11.2.